The van der Waals surface area contributed by atoms with E-state index in [0.717, 1.165) is 0 Å². The van der Waals surface area contributed by atoms with Gasteiger partial charge in [0.2, 0.25) is 0 Å². The van der Waals surface area contributed by atoms with Crippen molar-refractivity contribution in [3.8, 4) is 5.75 Å². The number of carbonyl (C=O) groups is 2. The highest BCUT2D eigenvalue weighted by Gasteiger charge is 2.36. The predicted octanol–water partition coefficient (Wildman–Crippen LogP) is 1.38. The summed E-state index contributed by atoms with van der Waals surface area (Å²) in [7, 11) is 0. The number of para-hydroxylation sites is 1. The molecular formula is C15H15N3O4. The Kier molecular flexibility index (Phi) is 3.54. The molecule has 0 radical (unpaired) electrons. The van der Waals surface area contributed by atoms with Crippen LogP contribution in [0, 0.1) is 6.92 Å². The highest BCUT2D eigenvalue weighted by atomic mass is 16.5. The molecule has 0 aliphatic carbocycles. The average molecular weight is 301 g/mol. The molecule has 0 fully saturated rings. The molecule has 0 saturated carbocycles. The number of aliphatic carboxylic acids is 1. The molecule has 0 spiro atoms. The molecule has 1 amide bonds. The van der Waals surface area contributed by atoms with Crippen LogP contribution in [0.15, 0.2) is 30.5 Å². The van der Waals surface area contributed by atoms with E-state index in [0.29, 0.717) is 17.1 Å². The number of carbonyl (C=O) groups excluding carboxylic acids is 1. The monoisotopic (exact) mass is 301 g/mol. The van der Waals surface area contributed by atoms with E-state index in [9.17, 15) is 14.7 Å². The van der Waals surface area contributed by atoms with Crippen LogP contribution in [0.2, 0.25) is 0 Å². The van der Waals surface area contributed by atoms with Crippen molar-refractivity contribution in [2.75, 3.05) is 13.2 Å². The minimum Gasteiger partial charge on any atom is -0.491 e. The minimum absolute atomic E-state index is 0.183. The first-order valence-corrected chi connectivity index (χ1v) is 6.85. The summed E-state index contributed by atoms with van der Waals surface area (Å²) in [5.41, 5.74) is 0.736. The highest BCUT2D eigenvalue weighted by Crippen LogP contribution is 2.32. The van der Waals surface area contributed by atoms with Crippen molar-refractivity contribution in [1.82, 2.24) is 14.9 Å². The van der Waals surface area contributed by atoms with Gasteiger partial charge in [0.1, 0.15) is 23.9 Å². The normalized spacial score (nSPS) is 17.3. The number of carboxylic acids is 1. The molecular weight excluding hydrogens is 286 g/mol. The van der Waals surface area contributed by atoms with Crippen LogP contribution in [-0.2, 0) is 4.79 Å². The summed E-state index contributed by atoms with van der Waals surface area (Å²) in [6.07, 6.45) is 1.41. The van der Waals surface area contributed by atoms with E-state index >= 15 is 0 Å². The Labute approximate surface area is 126 Å². The maximum Gasteiger partial charge on any atom is 0.331 e. The van der Waals surface area contributed by atoms with Crippen molar-refractivity contribution in [2.24, 2.45) is 0 Å². The highest BCUT2D eigenvalue weighted by molar-refractivity contribution is 5.95. The van der Waals surface area contributed by atoms with E-state index in [2.05, 4.69) is 9.97 Å². The number of ether oxygens (including phenoxy) is 1. The molecule has 1 aliphatic heterocycles. The van der Waals surface area contributed by atoms with Crippen molar-refractivity contribution in [3.05, 3.63) is 47.5 Å². The summed E-state index contributed by atoms with van der Waals surface area (Å²) in [6.45, 7) is 2.15. The number of imidazole rings is 1. The lowest BCUT2D eigenvalue weighted by atomic mass is 10.0. The second kappa shape index (κ2) is 5.51. The third-order valence-electron chi connectivity index (χ3n) is 3.54. The van der Waals surface area contributed by atoms with Gasteiger partial charge in [-0.3, -0.25) is 4.79 Å². The van der Waals surface area contributed by atoms with Gasteiger partial charge < -0.3 is 19.7 Å². The van der Waals surface area contributed by atoms with Gasteiger partial charge in [0.05, 0.1) is 12.7 Å². The van der Waals surface area contributed by atoms with Crippen LogP contribution in [0.5, 0.6) is 5.75 Å². The maximum absolute atomic E-state index is 12.6. The van der Waals surface area contributed by atoms with Crippen molar-refractivity contribution in [2.45, 2.75) is 13.0 Å². The van der Waals surface area contributed by atoms with E-state index in [1.54, 1.807) is 31.2 Å². The standard InChI is InChI=1S/C15H15N3O4/c1-9-16-8-11(17-9)14(19)18-6-7-22-12-5-3-2-4-10(12)13(18)15(20)21/h2-5,8,13H,6-7H2,1H3,(H,16,17)(H,20,21). The number of benzene rings is 1. The van der Waals surface area contributed by atoms with Crippen LogP contribution in [-0.4, -0.2) is 45.0 Å². The van der Waals surface area contributed by atoms with E-state index < -0.39 is 17.9 Å². The number of nitrogens with one attached hydrogen (secondary N) is 1. The van der Waals surface area contributed by atoms with Gasteiger partial charge in [-0.15, -0.1) is 0 Å². The zero-order valence-corrected chi connectivity index (χ0v) is 11.9. The number of carboxylic acid groups (broad SMARTS) is 1. The summed E-state index contributed by atoms with van der Waals surface area (Å²) in [5, 5.41) is 9.61. The third kappa shape index (κ3) is 2.41. The molecule has 2 N–H and O–H groups in total. The molecule has 22 heavy (non-hydrogen) atoms. The zero-order chi connectivity index (χ0) is 15.7. The number of H-pyrrole nitrogens is 1. The first-order valence-electron chi connectivity index (χ1n) is 6.85. The van der Waals surface area contributed by atoms with Crippen molar-refractivity contribution >= 4 is 11.9 Å². The lowest BCUT2D eigenvalue weighted by molar-refractivity contribution is -0.142. The van der Waals surface area contributed by atoms with Crippen molar-refractivity contribution in [3.63, 3.8) is 0 Å². The van der Waals surface area contributed by atoms with E-state index in [1.165, 1.54) is 11.1 Å². The number of aromatic nitrogens is 2. The first-order chi connectivity index (χ1) is 10.6. The number of hydrogen-bond acceptors (Lipinski definition) is 4. The lowest BCUT2D eigenvalue weighted by Crippen LogP contribution is -2.40. The fourth-order valence-electron chi connectivity index (χ4n) is 2.56. The van der Waals surface area contributed by atoms with Crippen molar-refractivity contribution < 1.29 is 19.4 Å². The van der Waals surface area contributed by atoms with Gasteiger partial charge in [0, 0.05) is 5.56 Å². The second-order valence-corrected chi connectivity index (χ2v) is 5.01. The molecule has 1 atom stereocenters. The van der Waals surface area contributed by atoms with Crippen LogP contribution in [0.3, 0.4) is 0 Å². The molecule has 2 heterocycles. The molecule has 0 saturated heterocycles. The molecule has 1 unspecified atom stereocenters. The predicted molar refractivity (Wildman–Crippen MR) is 76.7 cm³/mol. The number of aromatic amines is 1. The maximum atomic E-state index is 12.6. The Morgan fingerprint density at radius 1 is 1.41 bits per heavy atom. The number of fused-ring (bicyclic) bond motifs is 1. The number of hydrogen-bond donors (Lipinski definition) is 2. The van der Waals surface area contributed by atoms with E-state index in [1.807, 2.05) is 0 Å². The Bertz CT molecular complexity index is 725. The fourth-order valence-corrected chi connectivity index (χ4v) is 2.56. The fraction of sp³-hybridized carbons (Fsp3) is 0.267. The molecule has 0 bridgehead atoms. The zero-order valence-electron chi connectivity index (χ0n) is 11.9. The molecule has 7 heteroatoms. The first kappa shape index (κ1) is 14.1. The van der Waals surface area contributed by atoms with Gasteiger partial charge in [0.15, 0.2) is 6.04 Å². The Morgan fingerprint density at radius 3 is 2.86 bits per heavy atom. The van der Waals surface area contributed by atoms with E-state index in [-0.39, 0.29) is 18.8 Å². The third-order valence-corrected chi connectivity index (χ3v) is 3.54. The van der Waals surface area contributed by atoms with Crippen LogP contribution >= 0.6 is 0 Å². The van der Waals surface area contributed by atoms with E-state index in [4.69, 9.17) is 4.74 Å². The molecule has 2 aromatic rings. The number of nitrogens with zero attached hydrogens (tertiary/aromatic N) is 2. The van der Waals surface area contributed by atoms with Gasteiger partial charge in [-0.1, -0.05) is 18.2 Å². The molecule has 1 aliphatic rings. The summed E-state index contributed by atoms with van der Waals surface area (Å²) in [4.78, 5) is 32.5. The van der Waals surface area contributed by atoms with Gasteiger partial charge >= 0.3 is 5.97 Å². The quantitative estimate of drug-likeness (QED) is 0.873. The second-order valence-electron chi connectivity index (χ2n) is 5.01. The summed E-state index contributed by atoms with van der Waals surface area (Å²) < 4.78 is 5.57. The molecule has 1 aromatic heterocycles. The molecule has 114 valence electrons. The van der Waals surface area contributed by atoms with Crippen molar-refractivity contribution in [1.29, 1.82) is 0 Å². The van der Waals surface area contributed by atoms with Gasteiger partial charge in [0.25, 0.3) is 5.91 Å². The SMILES string of the molecule is Cc1ncc(C(=O)N2CCOc3ccccc3C2C(=O)O)[nH]1. The molecule has 7 nitrogen and oxygen atoms in total. The summed E-state index contributed by atoms with van der Waals surface area (Å²) >= 11 is 0. The summed E-state index contributed by atoms with van der Waals surface area (Å²) in [6, 6.07) is 5.78. The number of rotatable bonds is 2. The van der Waals surface area contributed by atoms with Crippen LogP contribution in [0.25, 0.3) is 0 Å². The largest absolute Gasteiger partial charge is 0.491 e. The van der Waals surface area contributed by atoms with Crippen LogP contribution in [0.1, 0.15) is 27.9 Å². The van der Waals surface area contributed by atoms with Crippen LogP contribution in [0.4, 0.5) is 0 Å². The minimum atomic E-state index is -1.09. The van der Waals surface area contributed by atoms with Gasteiger partial charge in [-0.2, -0.15) is 0 Å². The molecule has 1 aromatic carbocycles. The van der Waals surface area contributed by atoms with Gasteiger partial charge in [-0.25, -0.2) is 9.78 Å². The number of aryl methyl sites for hydroxylation is 1. The smallest absolute Gasteiger partial charge is 0.331 e. The lowest BCUT2D eigenvalue weighted by Gasteiger charge is -2.26. The Balaban J connectivity index is 2.03. The number of amides is 1. The van der Waals surface area contributed by atoms with Gasteiger partial charge in [-0.05, 0) is 13.0 Å². The molecule has 3 rings (SSSR count). The average Bonchev–Trinajstić information content (AvgIpc) is 2.83. The summed E-state index contributed by atoms with van der Waals surface area (Å²) in [5.74, 6) is -0.413. The topological polar surface area (TPSA) is 95.5 Å². The van der Waals surface area contributed by atoms with Crippen LogP contribution < -0.4 is 4.74 Å². The Hall–Kier alpha value is -2.83. The Morgan fingerprint density at radius 2 is 2.18 bits per heavy atom.